The maximum atomic E-state index is 13.7. The van der Waals surface area contributed by atoms with E-state index in [0.717, 1.165) is 0 Å². The van der Waals surface area contributed by atoms with Crippen LogP contribution in [0.4, 0.5) is 13.2 Å². The Kier molecular flexibility index (Phi) is 4.20. The lowest BCUT2D eigenvalue weighted by Crippen LogP contribution is -2.45. The van der Waals surface area contributed by atoms with Crippen LogP contribution in [-0.4, -0.2) is 10.4 Å². The first kappa shape index (κ1) is 15.1. The van der Waals surface area contributed by atoms with Crippen LogP contribution in [-0.2, 0) is 14.8 Å². The van der Waals surface area contributed by atoms with Gasteiger partial charge in [0.2, 0.25) is 4.75 Å². The Morgan fingerprint density at radius 3 is 1.40 bits per heavy atom. The van der Waals surface area contributed by atoms with Crippen molar-refractivity contribution in [2.75, 3.05) is 0 Å². The molecule has 1 unspecified atom stereocenters. The van der Waals surface area contributed by atoms with E-state index in [4.69, 9.17) is 10.7 Å². The van der Waals surface area contributed by atoms with Gasteiger partial charge in [0.25, 0.3) is 0 Å². The topological polar surface area (TPSA) is 17.1 Å². The van der Waals surface area contributed by atoms with Crippen molar-refractivity contribution in [3.8, 4) is 0 Å². The molecule has 0 amide bonds. The molecule has 2 aromatic rings. The smallest absolute Gasteiger partial charge is 0.241 e. The largest absolute Gasteiger partial charge is 0.415 e. The van der Waals surface area contributed by atoms with Crippen LogP contribution in [0.1, 0.15) is 11.1 Å². The third-order valence-electron chi connectivity index (χ3n) is 3.00. The van der Waals surface area contributed by atoms with Gasteiger partial charge < -0.3 is 0 Å². The molecular weight excluding hydrogens is 309 g/mol. The van der Waals surface area contributed by atoms with Crippen LogP contribution < -0.4 is 0 Å². The summed E-state index contributed by atoms with van der Waals surface area (Å²) >= 11 is 0. The molecule has 0 aliphatic carbocycles. The van der Waals surface area contributed by atoms with Crippen molar-refractivity contribution in [2.45, 2.75) is 10.9 Å². The van der Waals surface area contributed by atoms with E-state index in [1.165, 1.54) is 48.5 Å². The molecule has 0 N–H and O–H groups in total. The second-order valence-electron chi connectivity index (χ2n) is 4.13. The Morgan fingerprint density at radius 1 is 0.800 bits per heavy atom. The summed E-state index contributed by atoms with van der Waals surface area (Å²) in [5, 5.41) is 0. The van der Waals surface area contributed by atoms with Crippen LogP contribution in [0.5, 0.6) is 0 Å². The highest BCUT2D eigenvalue weighted by molar-refractivity contribution is 8.09. The Morgan fingerprint density at radius 2 is 1.15 bits per heavy atom. The van der Waals surface area contributed by atoms with Crippen LogP contribution >= 0.6 is 10.7 Å². The lowest BCUT2D eigenvalue weighted by molar-refractivity contribution is -0.152. The maximum absolute atomic E-state index is 13.7. The first-order chi connectivity index (χ1) is 9.40. The minimum atomic E-state index is -4.79. The monoisotopic (exact) mass is 318 g/mol. The highest BCUT2D eigenvalue weighted by atomic mass is 35.7. The zero-order chi connectivity index (χ0) is 14.8. The quantitative estimate of drug-likeness (QED) is 0.767. The van der Waals surface area contributed by atoms with E-state index in [-0.39, 0.29) is 11.1 Å². The average Bonchev–Trinajstić information content (AvgIpc) is 2.40. The number of hydrogen-bond acceptors (Lipinski definition) is 1. The second-order valence-corrected chi connectivity index (χ2v) is 6.03. The molecule has 1 nitrogen and oxygen atoms in total. The van der Waals surface area contributed by atoms with Crippen LogP contribution in [0.3, 0.4) is 0 Å². The molecule has 0 radical (unpaired) electrons. The van der Waals surface area contributed by atoms with Gasteiger partial charge in [-0.2, -0.15) is 13.2 Å². The van der Waals surface area contributed by atoms with Gasteiger partial charge in [-0.05, 0) is 21.8 Å². The van der Waals surface area contributed by atoms with Crippen molar-refractivity contribution in [3.63, 3.8) is 0 Å². The summed E-state index contributed by atoms with van der Waals surface area (Å²) in [5.74, 6) is 0. The van der Waals surface area contributed by atoms with Crippen molar-refractivity contribution in [2.24, 2.45) is 0 Å². The summed E-state index contributed by atoms with van der Waals surface area (Å²) in [6.07, 6.45) is -4.79. The molecule has 0 heterocycles. The fourth-order valence-corrected chi connectivity index (χ4v) is 3.74. The van der Waals surface area contributed by atoms with E-state index in [2.05, 4.69) is 0 Å². The van der Waals surface area contributed by atoms with E-state index < -0.39 is 20.9 Å². The number of alkyl halides is 3. The first-order valence-corrected chi connectivity index (χ1v) is 7.64. The molecule has 0 aromatic heterocycles. The van der Waals surface area contributed by atoms with Gasteiger partial charge in [0.05, 0.1) is 0 Å². The van der Waals surface area contributed by atoms with Crippen LogP contribution in [0.2, 0.25) is 0 Å². The fraction of sp³-hybridized carbons (Fsp3) is 0.143. The van der Waals surface area contributed by atoms with Crippen molar-refractivity contribution < 1.29 is 17.4 Å². The highest BCUT2D eigenvalue weighted by Crippen LogP contribution is 2.49. The summed E-state index contributed by atoms with van der Waals surface area (Å²) in [7, 11) is 2.82. The van der Waals surface area contributed by atoms with Crippen molar-refractivity contribution in [1.29, 1.82) is 0 Å². The summed E-state index contributed by atoms with van der Waals surface area (Å²) in [4.78, 5) is 0. The summed E-state index contributed by atoms with van der Waals surface area (Å²) < 4.78 is 50.3. The van der Waals surface area contributed by atoms with Gasteiger partial charge in [-0.25, -0.2) is 4.21 Å². The Labute approximate surface area is 121 Å². The van der Waals surface area contributed by atoms with Gasteiger partial charge in [0.15, 0.2) is 0 Å². The van der Waals surface area contributed by atoms with Gasteiger partial charge in [-0.15, -0.1) is 0 Å². The van der Waals surface area contributed by atoms with Crippen LogP contribution in [0.25, 0.3) is 0 Å². The Hall–Kier alpha value is -1.33. The zero-order valence-corrected chi connectivity index (χ0v) is 11.7. The number of rotatable bonds is 3. The van der Waals surface area contributed by atoms with Gasteiger partial charge in [-0.3, -0.25) is 0 Å². The summed E-state index contributed by atoms with van der Waals surface area (Å²) in [6, 6.07) is 14.1. The number of halogens is 4. The summed E-state index contributed by atoms with van der Waals surface area (Å²) in [6.45, 7) is 0. The van der Waals surface area contributed by atoms with Gasteiger partial charge in [0.1, 0.15) is 10.0 Å². The van der Waals surface area contributed by atoms with Gasteiger partial charge >= 0.3 is 6.18 Å². The van der Waals surface area contributed by atoms with E-state index in [0.29, 0.717) is 0 Å². The van der Waals surface area contributed by atoms with Gasteiger partial charge in [-0.1, -0.05) is 60.7 Å². The van der Waals surface area contributed by atoms with Crippen molar-refractivity contribution in [1.82, 2.24) is 0 Å². The lowest BCUT2D eigenvalue weighted by Gasteiger charge is -2.33. The Balaban J connectivity index is 2.81. The SMILES string of the molecule is O=S(Cl)C(c1ccccc1)(c1ccccc1)C(F)(F)F. The third-order valence-corrected chi connectivity index (χ3v) is 4.88. The molecule has 2 aromatic carbocycles. The molecule has 0 saturated heterocycles. The fourth-order valence-electron chi connectivity index (χ4n) is 2.12. The normalized spacial score (nSPS) is 14.0. The minimum Gasteiger partial charge on any atom is -0.241 e. The molecule has 0 aliphatic heterocycles. The van der Waals surface area contributed by atoms with Gasteiger partial charge in [0, 0.05) is 0 Å². The van der Waals surface area contributed by atoms with E-state index in [1.807, 2.05) is 0 Å². The minimum absolute atomic E-state index is 0.146. The molecule has 20 heavy (non-hydrogen) atoms. The van der Waals surface area contributed by atoms with Crippen LogP contribution in [0, 0.1) is 0 Å². The first-order valence-electron chi connectivity index (χ1n) is 5.66. The maximum Gasteiger partial charge on any atom is 0.415 e. The standard InChI is InChI=1S/C14H10ClF3OS/c15-20(19)13(14(16,17)18,11-7-3-1-4-8-11)12-9-5-2-6-10-12/h1-10H. The highest BCUT2D eigenvalue weighted by Gasteiger charge is 2.61. The molecular formula is C14H10ClF3OS. The average molecular weight is 319 g/mol. The molecule has 6 heteroatoms. The van der Waals surface area contributed by atoms with E-state index in [9.17, 15) is 17.4 Å². The zero-order valence-electron chi connectivity index (χ0n) is 10.1. The molecule has 2 rings (SSSR count). The third kappa shape index (κ3) is 2.36. The molecule has 0 fully saturated rings. The molecule has 0 saturated carbocycles. The molecule has 0 spiro atoms. The van der Waals surface area contributed by atoms with Crippen molar-refractivity contribution >= 4 is 20.7 Å². The second kappa shape index (κ2) is 5.58. The van der Waals surface area contributed by atoms with Crippen LogP contribution in [0.15, 0.2) is 60.7 Å². The molecule has 1 atom stereocenters. The van der Waals surface area contributed by atoms with Crippen molar-refractivity contribution in [3.05, 3.63) is 71.8 Å². The molecule has 106 valence electrons. The summed E-state index contributed by atoms with van der Waals surface area (Å²) in [5.41, 5.74) is -0.293. The molecule has 0 aliphatic rings. The van der Waals surface area contributed by atoms with E-state index >= 15 is 0 Å². The predicted molar refractivity (Wildman–Crippen MR) is 73.7 cm³/mol. The number of benzene rings is 2. The molecule has 0 bridgehead atoms. The van der Waals surface area contributed by atoms with E-state index in [1.54, 1.807) is 12.1 Å². The lowest BCUT2D eigenvalue weighted by atomic mass is 9.89. The Bertz CT molecular complexity index is 559. The predicted octanol–water partition coefficient (Wildman–Crippen LogP) is 4.40. The number of hydrogen-bond donors (Lipinski definition) is 0.